The number of carbonyl (C=O) groups is 1. The molecule has 1 fully saturated rings. The third-order valence-corrected chi connectivity index (χ3v) is 5.69. The Labute approximate surface area is 197 Å². The van der Waals surface area contributed by atoms with Crippen LogP contribution in [0.15, 0.2) is 65.5 Å². The molecule has 4 rings (SSSR count). The Bertz CT molecular complexity index is 1170. The number of anilines is 2. The standard InChI is InChI=1S/C25H28FN5O3/c1-2-34-22-6-4-3-5-19(22)17-27-24(32)18-31-25(33)12-11-23(28-31)30-15-13-29(14-16-30)21-9-7-20(26)8-10-21/h3-12H,2,13-18H2,1H3,(H,27,32). The second kappa shape index (κ2) is 10.8. The van der Waals surface area contributed by atoms with Gasteiger partial charge in [-0.05, 0) is 43.3 Å². The van der Waals surface area contributed by atoms with Crippen LogP contribution in [0.2, 0.25) is 0 Å². The van der Waals surface area contributed by atoms with Crippen LogP contribution in [0.4, 0.5) is 15.9 Å². The number of halogens is 1. The van der Waals surface area contributed by atoms with Crippen molar-refractivity contribution in [2.75, 3.05) is 42.6 Å². The number of carbonyl (C=O) groups excluding carboxylic acids is 1. The molecule has 2 aromatic carbocycles. The molecule has 0 unspecified atom stereocenters. The SMILES string of the molecule is CCOc1ccccc1CNC(=O)Cn1nc(N2CCN(c3ccc(F)cc3)CC2)ccc1=O. The molecule has 1 saturated heterocycles. The summed E-state index contributed by atoms with van der Waals surface area (Å²) in [5.74, 6) is 0.811. The molecule has 1 aliphatic rings. The number of hydrogen-bond acceptors (Lipinski definition) is 6. The predicted octanol–water partition coefficient (Wildman–Crippen LogP) is 2.42. The lowest BCUT2D eigenvalue weighted by Crippen LogP contribution is -2.47. The van der Waals surface area contributed by atoms with E-state index in [1.54, 1.807) is 18.2 Å². The Kier molecular flexibility index (Phi) is 7.41. The van der Waals surface area contributed by atoms with Crippen LogP contribution >= 0.6 is 0 Å². The summed E-state index contributed by atoms with van der Waals surface area (Å²) in [6, 6.07) is 17.1. The van der Waals surface area contributed by atoms with Crippen molar-refractivity contribution in [3.63, 3.8) is 0 Å². The van der Waals surface area contributed by atoms with Gasteiger partial charge in [0.05, 0.1) is 6.61 Å². The molecule has 0 saturated carbocycles. The molecule has 34 heavy (non-hydrogen) atoms. The fraction of sp³-hybridized carbons (Fsp3) is 0.320. The molecule has 9 heteroatoms. The van der Waals surface area contributed by atoms with E-state index in [4.69, 9.17) is 4.74 Å². The second-order valence-corrected chi connectivity index (χ2v) is 7.96. The van der Waals surface area contributed by atoms with E-state index >= 15 is 0 Å². The molecule has 178 valence electrons. The Morgan fingerprint density at radius 1 is 1.00 bits per heavy atom. The van der Waals surface area contributed by atoms with Gasteiger partial charge in [-0.1, -0.05) is 18.2 Å². The van der Waals surface area contributed by atoms with Crippen LogP contribution in [0.1, 0.15) is 12.5 Å². The first-order valence-electron chi connectivity index (χ1n) is 11.3. The summed E-state index contributed by atoms with van der Waals surface area (Å²) < 4.78 is 20.0. The van der Waals surface area contributed by atoms with Crippen LogP contribution in [0.5, 0.6) is 5.75 Å². The minimum absolute atomic E-state index is 0.168. The number of amides is 1. The van der Waals surface area contributed by atoms with Gasteiger partial charge in [0, 0.05) is 50.0 Å². The van der Waals surface area contributed by atoms with Crippen molar-refractivity contribution in [1.82, 2.24) is 15.1 Å². The van der Waals surface area contributed by atoms with Gasteiger partial charge in [0.25, 0.3) is 5.56 Å². The highest BCUT2D eigenvalue weighted by molar-refractivity contribution is 5.75. The Balaban J connectivity index is 1.35. The first-order chi connectivity index (χ1) is 16.5. The minimum atomic E-state index is -0.335. The van der Waals surface area contributed by atoms with Gasteiger partial charge in [-0.25, -0.2) is 9.07 Å². The van der Waals surface area contributed by atoms with Crippen molar-refractivity contribution in [3.8, 4) is 5.75 Å². The van der Waals surface area contributed by atoms with Gasteiger partial charge in [0.2, 0.25) is 5.91 Å². The lowest BCUT2D eigenvalue weighted by Gasteiger charge is -2.36. The van der Waals surface area contributed by atoms with Crippen LogP contribution in [0.25, 0.3) is 0 Å². The molecule has 0 spiro atoms. The summed E-state index contributed by atoms with van der Waals surface area (Å²) in [6.07, 6.45) is 0. The Morgan fingerprint density at radius 3 is 2.44 bits per heavy atom. The first-order valence-corrected chi connectivity index (χ1v) is 11.3. The van der Waals surface area contributed by atoms with Crippen LogP contribution in [0, 0.1) is 5.82 Å². The maximum absolute atomic E-state index is 13.2. The van der Waals surface area contributed by atoms with Crippen molar-refractivity contribution < 1.29 is 13.9 Å². The Morgan fingerprint density at radius 2 is 1.71 bits per heavy atom. The van der Waals surface area contributed by atoms with Crippen molar-refractivity contribution in [2.24, 2.45) is 0 Å². The number of ether oxygens (including phenoxy) is 1. The van der Waals surface area contributed by atoms with E-state index < -0.39 is 0 Å². The highest BCUT2D eigenvalue weighted by atomic mass is 19.1. The molecule has 0 radical (unpaired) electrons. The largest absolute Gasteiger partial charge is 0.494 e. The second-order valence-electron chi connectivity index (χ2n) is 7.96. The maximum Gasteiger partial charge on any atom is 0.267 e. The molecule has 0 bridgehead atoms. The third-order valence-electron chi connectivity index (χ3n) is 5.69. The molecule has 2 heterocycles. The Hall–Kier alpha value is -3.88. The number of piperazine rings is 1. The van der Waals surface area contributed by atoms with Crippen molar-refractivity contribution >= 4 is 17.4 Å². The number of nitrogens with zero attached hydrogens (tertiary/aromatic N) is 4. The van der Waals surface area contributed by atoms with Gasteiger partial charge in [-0.15, -0.1) is 0 Å². The number of aromatic nitrogens is 2. The van der Waals surface area contributed by atoms with Gasteiger partial charge < -0.3 is 19.9 Å². The maximum atomic E-state index is 13.2. The molecule has 1 aliphatic heterocycles. The zero-order valence-electron chi connectivity index (χ0n) is 19.1. The average Bonchev–Trinajstić information content (AvgIpc) is 2.86. The number of rotatable bonds is 8. The van der Waals surface area contributed by atoms with Crippen molar-refractivity contribution in [2.45, 2.75) is 20.0 Å². The van der Waals surface area contributed by atoms with Crippen molar-refractivity contribution in [3.05, 3.63) is 82.4 Å². The van der Waals surface area contributed by atoms with Crippen LogP contribution < -0.4 is 25.4 Å². The van der Waals surface area contributed by atoms with Gasteiger partial charge in [-0.3, -0.25) is 9.59 Å². The quantitative estimate of drug-likeness (QED) is 0.551. The number of benzene rings is 2. The number of hydrogen-bond donors (Lipinski definition) is 1. The normalized spacial score (nSPS) is 13.6. The summed E-state index contributed by atoms with van der Waals surface area (Å²) >= 11 is 0. The molecular formula is C25H28FN5O3. The lowest BCUT2D eigenvalue weighted by atomic mass is 10.2. The zero-order valence-corrected chi connectivity index (χ0v) is 19.1. The topological polar surface area (TPSA) is 79.7 Å². The number of para-hydroxylation sites is 1. The van der Waals surface area contributed by atoms with Gasteiger partial charge >= 0.3 is 0 Å². The molecule has 1 amide bonds. The van der Waals surface area contributed by atoms with Gasteiger partial charge in [0.1, 0.15) is 23.9 Å². The summed E-state index contributed by atoms with van der Waals surface area (Å²) in [7, 11) is 0. The van der Waals surface area contributed by atoms with Crippen LogP contribution in [0.3, 0.4) is 0 Å². The van der Waals surface area contributed by atoms with E-state index in [-0.39, 0.29) is 23.8 Å². The molecule has 0 aliphatic carbocycles. The number of nitrogens with one attached hydrogen (secondary N) is 1. The molecule has 8 nitrogen and oxygen atoms in total. The van der Waals surface area contributed by atoms with E-state index in [1.807, 2.05) is 31.2 Å². The fourth-order valence-corrected chi connectivity index (χ4v) is 3.90. The average molecular weight is 466 g/mol. The summed E-state index contributed by atoms with van der Waals surface area (Å²) in [5.41, 5.74) is 1.51. The van der Waals surface area contributed by atoms with Gasteiger partial charge in [-0.2, -0.15) is 5.10 Å². The van der Waals surface area contributed by atoms with Crippen LogP contribution in [-0.2, 0) is 17.9 Å². The highest BCUT2D eigenvalue weighted by Crippen LogP contribution is 2.19. The predicted molar refractivity (Wildman–Crippen MR) is 129 cm³/mol. The molecule has 1 N–H and O–H groups in total. The third kappa shape index (κ3) is 5.72. The summed E-state index contributed by atoms with van der Waals surface area (Å²) in [6.45, 7) is 5.45. The molecule has 1 aromatic heterocycles. The van der Waals surface area contributed by atoms with Crippen molar-refractivity contribution in [1.29, 1.82) is 0 Å². The summed E-state index contributed by atoms with van der Waals surface area (Å²) in [4.78, 5) is 29.1. The van der Waals surface area contributed by atoms with E-state index in [2.05, 4.69) is 20.2 Å². The lowest BCUT2D eigenvalue weighted by molar-refractivity contribution is -0.122. The minimum Gasteiger partial charge on any atom is -0.494 e. The molecule has 0 atom stereocenters. The molecular weight excluding hydrogens is 437 g/mol. The van der Waals surface area contributed by atoms with E-state index in [1.165, 1.54) is 22.9 Å². The van der Waals surface area contributed by atoms with Crippen LogP contribution in [-0.4, -0.2) is 48.5 Å². The first kappa shape index (κ1) is 23.3. The zero-order chi connectivity index (χ0) is 23.9. The summed E-state index contributed by atoms with van der Waals surface area (Å²) in [5, 5.41) is 7.26. The van der Waals surface area contributed by atoms with Gasteiger partial charge in [0.15, 0.2) is 0 Å². The smallest absolute Gasteiger partial charge is 0.267 e. The molecule has 3 aromatic rings. The fourth-order valence-electron chi connectivity index (χ4n) is 3.90. The van der Waals surface area contributed by atoms with E-state index in [0.717, 1.165) is 30.1 Å². The highest BCUT2D eigenvalue weighted by Gasteiger charge is 2.19. The monoisotopic (exact) mass is 465 g/mol. The van der Waals surface area contributed by atoms with E-state index in [0.29, 0.717) is 32.1 Å². The van der Waals surface area contributed by atoms with E-state index in [9.17, 15) is 14.0 Å².